The van der Waals surface area contributed by atoms with E-state index in [0.29, 0.717) is 0 Å². The Balaban J connectivity index is 0.00000156. The molecule has 1 fully saturated rings. The van der Waals surface area contributed by atoms with Crippen LogP contribution in [0.1, 0.15) is 24.8 Å². The highest BCUT2D eigenvalue weighted by atomic mass is 79.9. The minimum Gasteiger partial charge on any atom is -0.305 e. The first-order chi connectivity index (χ1) is 10.6. The van der Waals surface area contributed by atoms with Crippen LogP contribution >= 0.6 is 28.3 Å². The van der Waals surface area contributed by atoms with Crippen LogP contribution in [0.5, 0.6) is 0 Å². The maximum absolute atomic E-state index is 3.57. The predicted molar refractivity (Wildman–Crippen MR) is 105 cm³/mol. The predicted octanol–water partition coefficient (Wildman–Crippen LogP) is 5.77. The van der Waals surface area contributed by atoms with Crippen molar-refractivity contribution in [1.82, 2.24) is 4.90 Å². The normalized spacial score (nSPS) is 23.0. The van der Waals surface area contributed by atoms with E-state index in [0.717, 1.165) is 22.9 Å². The molecule has 0 heterocycles. The molecule has 2 unspecified atom stereocenters. The molecule has 2 aromatic carbocycles. The molecule has 3 heteroatoms. The number of fused-ring (bicyclic) bond motifs is 3. The van der Waals surface area contributed by atoms with Crippen molar-refractivity contribution >= 4 is 44.7 Å². The van der Waals surface area contributed by atoms with Gasteiger partial charge >= 0.3 is 0 Å². The van der Waals surface area contributed by atoms with Gasteiger partial charge in [-0.2, -0.15) is 0 Å². The highest BCUT2D eigenvalue weighted by molar-refractivity contribution is 9.10. The highest BCUT2D eigenvalue weighted by Crippen LogP contribution is 2.52. The fraction of sp³-hybridized carbons (Fsp3) is 0.400. The van der Waals surface area contributed by atoms with E-state index in [-0.39, 0.29) is 12.4 Å². The van der Waals surface area contributed by atoms with Crippen LogP contribution in [0.4, 0.5) is 0 Å². The van der Waals surface area contributed by atoms with E-state index in [1.54, 1.807) is 11.1 Å². The van der Waals surface area contributed by atoms with Crippen molar-refractivity contribution < 1.29 is 0 Å². The molecule has 122 valence electrons. The van der Waals surface area contributed by atoms with Crippen molar-refractivity contribution in [3.05, 3.63) is 52.0 Å². The van der Waals surface area contributed by atoms with Crippen LogP contribution in [0.3, 0.4) is 0 Å². The molecule has 2 aromatic rings. The lowest BCUT2D eigenvalue weighted by atomic mass is 9.86. The van der Waals surface area contributed by atoms with Gasteiger partial charge < -0.3 is 4.90 Å². The quantitative estimate of drug-likeness (QED) is 0.641. The van der Waals surface area contributed by atoms with Crippen LogP contribution in [-0.4, -0.2) is 25.5 Å². The molecular formula is C20H23BrClN. The first-order valence-electron chi connectivity index (χ1n) is 8.19. The lowest BCUT2D eigenvalue weighted by Gasteiger charge is -2.23. The summed E-state index contributed by atoms with van der Waals surface area (Å²) in [6.07, 6.45) is 4.17. The third-order valence-electron chi connectivity index (χ3n) is 5.28. The zero-order valence-electron chi connectivity index (χ0n) is 13.7. The van der Waals surface area contributed by atoms with Gasteiger partial charge in [0.25, 0.3) is 0 Å². The Morgan fingerprint density at radius 3 is 2.48 bits per heavy atom. The zero-order valence-corrected chi connectivity index (χ0v) is 16.1. The Morgan fingerprint density at radius 1 is 1.00 bits per heavy atom. The first-order valence-corrected chi connectivity index (χ1v) is 8.98. The lowest BCUT2D eigenvalue weighted by molar-refractivity contribution is 0.423. The number of rotatable bonds is 3. The summed E-state index contributed by atoms with van der Waals surface area (Å²) in [5.41, 5.74) is 4.83. The van der Waals surface area contributed by atoms with Gasteiger partial charge in [-0.3, -0.25) is 0 Å². The van der Waals surface area contributed by atoms with Crippen molar-refractivity contribution in [2.45, 2.75) is 19.3 Å². The van der Waals surface area contributed by atoms with E-state index in [4.69, 9.17) is 0 Å². The second-order valence-electron chi connectivity index (χ2n) is 7.09. The second kappa shape index (κ2) is 6.58. The molecule has 1 nitrogen and oxygen atoms in total. The molecule has 2 atom stereocenters. The average molecular weight is 393 g/mol. The van der Waals surface area contributed by atoms with Crippen molar-refractivity contribution in [3.8, 4) is 0 Å². The Hall–Kier alpha value is -0.830. The van der Waals surface area contributed by atoms with Crippen LogP contribution < -0.4 is 0 Å². The molecule has 23 heavy (non-hydrogen) atoms. The number of halogens is 2. The SMILES string of the molecule is CN(C)CC1=C(c2ccc3cc(Br)ccc3c2)C2CCC1C2.Cl. The number of hydrogen-bond acceptors (Lipinski definition) is 1. The number of hydrogen-bond donors (Lipinski definition) is 0. The van der Waals surface area contributed by atoms with Crippen LogP contribution in [0.25, 0.3) is 16.3 Å². The largest absolute Gasteiger partial charge is 0.305 e. The number of allylic oxidation sites excluding steroid dienone is 1. The van der Waals surface area contributed by atoms with Crippen molar-refractivity contribution in [3.63, 3.8) is 0 Å². The summed E-state index contributed by atoms with van der Waals surface area (Å²) in [5, 5.41) is 2.66. The van der Waals surface area contributed by atoms with E-state index < -0.39 is 0 Å². The van der Waals surface area contributed by atoms with Gasteiger partial charge in [0.15, 0.2) is 0 Å². The van der Waals surface area contributed by atoms with Crippen molar-refractivity contribution in [2.24, 2.45) is 11.8 Å². The summed E-state index contributed by atoms with van der Waals surface area (Å²) >= 11 is 3.57. The van der Waals surface area contributed by atoms with E-state index in [1.807, 2.05) is 0 Å². The van der Waals surface area contributed by atoms with Gasteiger partial charge in [-0.15, -0.1) is 12.4 Å². The average Bonchev–Trinajstić information content (AvgIpc) is 3.07. The summed E-state index contributed by atoms with van der Waals surface area (Å²) in [6, 6.07) is 13.6. The molecule has 0 aromatic heterocycles. The van der Waals surface area contributed by atoms with Crippen LogP contribution in [0, 0.1) is 11.8 Å². The van der Waals surface area contributed by atoms with Crippen molar-refractivity contribution in [2.75, 3.05) is 20.6 Å². The molecule has 0 aliphatic heterocycles. The van der Waals surface area contributed by atoms with Crippen molar-refractivity contribution in [1.29, 1.82) is 0 Å². The van der Waals surface area contributed by atoms with E-state index >= 15 is 0 Å². The topological polar surface area (TPSA) is 3.24 Å². The molecule has 0 spiro atoms. The molecule has 0 N–H and O–H groups in total. The van der Waals surface area contributed by atoms with E-state index in [9.17, 15) is 0 Å². The molecule has 4 rings (SSSR count). The van der Waals surface area contributed by atoms with Gasteiger partial charge in [0.1, 0.15) is 0 Å². The maximum Gasteiger partial charge on any atom is 0.0195 e. The van der Waals surface area contributed by atoms with Crippen LogP contribution in [0.2, 0.25) is 0 Å². The van der Waals surface area contributed by atoms with E-state index in [1.165, 1.54) is 35.6 Å². The molecule has 0 amide bonds. The monoisotopic (exact) mass is 391 g/mol. The lowest BCUT2D eigenvalue weighted by Crippen LogP contribution is -2.19. The third-order valence-corrected chi connectivity index (χ3v) is 5.77. The number of likely N-dealkylation sites (N-methyl/N-ethyl adjacent to an activating group) is 1. The molecular weight excluding hydrogens is 370 g/mol. The summed E-state index contributed by atoms with van der Waals surface area (Å²) in [7, 11) is 4.38. The summed E-state index contributed by atoms with van der Waals surface area (Å²) in [4.78, 5) is 2.33. The Bertz CT molecular complexity index is 765. The van der Waals surface area contributed by atoms with Crippen LogP contribution in [0.15, 0.2) is 46.4 Å². The fourth-order valence-electron chi connectivity index (χ4n) is 4.40. The molecule has 2 aliphatic rings. The molecule has 2 aliphatic carbocycles. The highest BCUT2D eigenvalue weighted by Gasteiger charge is 2.39. The minimum atomic E-state index is 0. The second-order valence-corrected chi connectivity index (χ2v) is 8.01. The minimum absolute atomic E-state index is 0. The summed E-state index contributed by atoms with van der Waals surface area (Å²) < 4.78 is 1.15. The van der Waals surface area contributed by atoms with Gasteiger partial charge in [-0.25, -0.2) is 0 Å². The first kappa shape index (κ1) is 17.0. The molecule has 0 radical (unpaired) electrons. The fourth-order valence-corrected chi connectivity index (χ4v) is 4.78. The van der Waals surface area contributed by atoms with Gasteiger partial charge in [-0.1, -0.05) is 34.1 Å². The summed E-state index contributed by atoms with van der Waals surface area (Å²) in [6.45, 7) is 1.12. The third kappa shape index (κ3) is 3.09. The van der Waals surface area contributed by atoms with Gasteiger partial charge in [0, 0.05) is 11.0 Å². The van der Waals surface area contributed by atoms with Gasteiger partial charge in [0.05, 0.1) is 0 Å². The Kier molecular flexibility index (Phi) is 4.87. The standard InChI is InChI=1S/C20H22BrN.ClH/c1-22(2)12-19-15-4-6-17(10-15)20(19)16-5-3-14-11-18(21)8-7-13(14)9-16;/h3,5,7-9,11,15,17H,4,6,10,12H2,1-2H3;1H. The Morgan fingerprint density at radius 2 is 1.70 bits per heavy atom. The smallest absolute Gasteiger partial charge is 0.0195 e. The maximum atomic E-state index is 3.57. The van der Waals surface area contributed by atoms with Gasteiger partial charge in [-0.05, 0) is 90.9 Å². The Labute approximate surface area is 153 Å². The van der Waals surface area contributed by atoms with Crippen LogP contribution in [-0.2, 0) is 0 Å². The number of nitrogens with zero attached hydrogens (tertiary/aromatic N) is 1. The van der Waals surface area contributed by atoms with Gasteiger partial charge in [0.2, 0.25) is 0 Å². The molecule has 0 saturated heterocycles. The summed E-state index contributed by atoms with van der Waals surface area (Å²) in [5.74, 6) is 1.64. The molecule has 2 bridgehead atoms. The van der Waals surface area contributed by atoms with E-state index in [2.05, 4.69) is 71.3 Å². The number of benzene rings is 2. The molecule has 1 saturated carbocycles. The zero-order chi connectivity index (χ0) is 15.3.